The van der Waals surface area contributed by atoms with Crippen molar-refractivity contribution in [2.75, 3.05) is 66.8 Å². The first-order chi connectivity index (χ1) is 15.2. The zero-order valence-corrected chi connectivity index (χ0v) is 20.2. The van der Waals surface area contributed by atoms with Crippen LogP contribution in [-0.4, -0.2) is 70.9 Å². The Balaban J connectivity index is 1.75. The Morgan fingerprint density at radius 1 is 1.06 bits per heavy atom. The Morgan fingerprint density at radius 3 is 2.59 bits per heavy atom. The Hall–Kier alpha value is -2.83. The van der Waals surface area contributed by atoms with E-state index in [9.17, 15) is 0 Å². The lowest BCUT2D eigenvalue weighted by molar-refractivity contribution is -0.870. The number of anilines is 1. The van der Waals surface area contributed by atoms with E-state index in [1.807, 2.05) is 12.1 Å². The minimum Gasteiger partial charge on any atom is -0.493 e. The van der Waals surface area contributed by atoms with E-state index in [-0.39, 0.29) is 0 Å². The maximum Gasteiger partial charge on any atom is 0.261 e. The van der Waals surface area contributed by atoms with Crippen LogP contribution in [0.2, 0.25) is 0 Å². The van der Waals surface area contributed by atoms with Gasteiger partial charge < -0.3 is 23.9 Å². The number of rotatable bonds is 9. The van der Waals surface area contributed by atoms with E-state index in [0.29, 0.717) is 6.61 Å². The molecule has 0 aliphatic heterocycles. The van der Waals surface area contributed by atoms with Gasteiger partial charge in [-0.3, -0.25) is 0 Å². The van der Waals surface area contributed by atoms with Crippen molar-refractivity contribution in [1.29, 1.82) is 0 Å². The molecule has 4 aromatic rings. The van der Waals surface area contributed by atoms with Crippen LogP contribution in [0.4, 0.5) is 5.69 Å². The number of fused-ring (bicyclic) bond motifs is 4. The summed E-state index contributed by atoms with van der Waals surface area (Å²) in [7, 11) is 12.9. The third kappa shape index (κ3) is 4.66. The number of para-hydroxylation sites is 1. The number of pyridine rings is 1. The lowest BCUT2D eigenvalue weighted by atomic mass is 10.1. The number of hydrogen-bond acceptors (Lipinski definition) is 4. The van der Waals surface area contributed by atoms with Gasteiger partial charge in [0.2, 0.25) is 11.1 Å². The number of aromatic nitrogens is 1. The summed E-state index contributed by atoms with van der Waals surface area (Å²) in [5.41, 5.74) is 5.08. The average molecular weight is 437 g/mol. The molecular formula is C26H36N4O2+2. The molecule has 2 heterocycles. The van der Waals surface area contributed by atoms with Gasteiger partial charge in [0, 0.05) is 25.6 Å². The smallest absolute Gasteiger partial charge is 0.261 e. The van der Waals surface area contributed by atoms with Gasteiger partial charge in [0.1, 0.15) is 18.4 Å². The molecule has 0 aliphatic rings. The highest BCUT2D eigenvalue weighted by Crippen LogP contribution is 2.37. The molecule has 170 valence electrons. The first kappa shape index (κ1) is 22.4. The third-order valence-electron chi connectivity index (χ3n) is 5.83. The van der Waals surface area contributed by atoms with Crippen molar-refractivity contribution in [1.82, 2.24) is 4.90 Å². The van der Waals surface area contributed by atoms with Crippen LogP contribution in [0.25, 0.3) is 33.0 Å². The number of furan rings is 1. The minimum atomic E-state index is 0.712. The van der Waals surface area contributed by atoms with E-state index in [2.05, 4.69) is 87.4 Å². The lowest BCUT2D eigenvalue weighted by Crippen LogP contribution is -2.35. The first-order valence-electron chi connectivity index (χ1n) is 11.3. The van der Waals surface area contributed by atoms with Crippen molar-refractivity contribution in [2.45, 2.75) is 6.42 Å². The van der Waals surface area contributed by atoms with Crippen LogP contribution >= 0.6 is 0 Å². The molecule has 0 amide bonds. The van der Waals surface area contributed by atoms with E-state index in [4.69, 9.17) is 9.15 Å². The molecule has 0 saturated carbocycles. The highest BCUT2D eigenvalue weighted by Gasteiger charge is 2.24. The highest BCUT2D eigenvalue weighted by atomic mass is 16.5. The Bertz CT molecular complexity index is 1240. The maximum absolute atomic E-state index is 6.40. The second kappa shape index (κ2) is 8.96. The summed E-state index contributed by atoms with van der Waals surface area (Å²) >= 11 is 0. The number of likely N-dealkylation sites (N-methyl/N-ethyl adjacent to an activating group) is 1. The Kier molecular flexibility index (Phi) is 6.26. The van der Waals surface area contributed by atoms with Crippen molar-refractivity contribution >= 4 is 38.7 Å². The quantitative estimate of drug-likeness (QED) is 0.245. The molecule has 6 nitrogen and oxygen atoms in total. The van der Waals surface area contributed by atoms with E-state index >= 15 is 0 Å². The standard InChI is InChI=1S/C26H35N4O2/c1-28(2)15-14-27-24-20-10-7-8-11-22(20)29(3)25-21-18-19(12-13-23(21)32-26(24)25)31-17-9-16-30(4,5)6/h7-8,10-13,18H,9,14-17H2,1-6H3/q+1/p+1. The number of benzene rings is 2. The first-order valence-corrected chi connectivity index (χ1v) is 11.3. The van der Waals surface area contributed by atoms with Crippen LogP contribution in [0.3, 0.4) is 0 Å². The van der Waals surface area contributed by atoms with Crippen molar-refractivity contribution < 1.29 is 18.2 Å². The fourth-order valence-corrected chi connectivity index (χ4v) is 4.19. The van der Waals surface area contributed by atoms with Crippen LogP contribution < -0.4 is 14.6 Å². The van der Waals surface area contributed by atoms with Gasteiger partial charge in [-0.1, -0.05) is 12.1 Å². The number of ether oxygens (including phenoxy) is 1. The van der Waals surface area contributed by atoms with Gasteiger partial charge in [-0.25, -0.2) is 0 Å². The molecule has 0 radical (unpaired) electrons. The van der Waals surface area contributed by atoms with Crippen LogP contribution in [0, 0.1) is 0 Å². The largest absolute Gasteiger partial charge is 0.493 e. The van der Waals surface area contributed by atoms with Crippen molar-refractivity contribution in [3.63, 3.8) is 0 Å². The monoisotopic (exact) mass is 436 g/mol. The predicted molar refractivity (Wildman–Crippen MR) is 132 cm³/mol. The van der Waals surface area contributed by atoms with Crippen molar-refractivity contribution in [3.05, 3.63) is 42.5 Å². The minimum absolute atomic E-state index is 0.712. The summed E-state index contributed by atoms with van der Waals surface area (Å²) in [6.07, 6.45) is 1.02. The molecule has 0 atom stereocenters. The van der Waals surface area contributed by atoms with E-state index in [0.717, 1.165) is 69.4 Å². The van der Waals surface area contributed by atoms with Gasteiger partial charge in [-0.15, -0.1) is 0 Å². The second-order valence-corrected chi connectivity index (χ2v) is 9.83. The number of hydrogen-bond donors (Lipinski definition) is 1. The highest BCUT2D eigenvalue weighted by molar-refractivity contribution is 6.11. The number of nitrogens with one attached hydrogen (secondary N) is 1. The normalized spacial score (nSPS) is 12.3. The zero-order chi connectivity index (χ0) is 22.9. The predicted octanol–water partition coefficient (Wildman–Crippen LogP) is 4.01. The van der Waals surface area contributed by atoms with Gasteiger partial charge in [0.05, 0.1) is 50.8 Å². The summed E-state index contributed by atoms with van der Waals surface area (Å²) in [6, 6.07) is 14.6. The molecule has 4 rings (SSSR count). The third-order valence-corrected chi connectivity index (χ3v) is 5.83. The average Bonchev–Trinajstić information content (AvgIpc) is 3.11. The van der Waals surface area contributed by atoms with Crippen molar-refractivity contribution in [3.8, 4) is 5.75 Å². The summed E-state index contributed by atoms with van der Waals surface area (Å²) in [6.45, 7) is 3.59. The van der Waals surface area contributed by atoms with Gasteiger partial charge in [0.15, 0.2) is 0 Å². The zero-order valence-electron chi connectivity index (χ0n) is 20.2. The molecular weight excluding hydrogens is 400 g/mol. The number of nitrogens with zero attached hydrogens (tertiary/aromatic N) is 3. The molecule has 32 heavy (non-hydrogen) atoms. The summed E-state index contributed by atoms with van der Waals surface area (Å²) in [4.78, 5) is 2.18. The van der Waals surface area contributed by atoms with Crippen molar-refractivity contribution in [2.24, 2.45) is 7.05 Å². The molecule has 1 N–H and O–H groups in total. The summed E-state index contributed by atoms with van der Waals surface area (Å²) in [5.74, 6) is 0.886. The second-order valence-electron chi connectivity index (χ2n) is 9.83. The van der Waals surface area contributed by atoms with E-state index in [1.165, 1.54) is 5.52 Å². The van der Waals surface area contributed by atoms with Crippen LogP contribution in [0.1, 0.15) is 6.42 Å². The molecule has 0 bridgehead atoms. The molecule has 2 aromatic carbocycles. The Labute approximate surface area is 190 Å². The molecule has 0 fully saturated rings. The number of quaternary nitrogens is 1. The Morgan fingerprint density at radius 2 is 1.84 bits per heavy atom. The van der Waals surface area contributed by atoms with Crippen LogP contribution in [-0.2, 0) is 7.05 Å². The summed E-state index contributed by atoms with van der Waals surface area (Å²) < 4.78 is 15.7. The topological polar surface area (TPSA) is 41.5 Å². The molecule has 0 spiro atoms. The molecule has 0 saturated heterocycles. The van der Waals surface area contributed by atoms with E-state index < -0.39 is 0 Å². The SMILES string of the molecule is CN(C)CCNc1c2ccccc2[n+](C)c2c1oc1ccc(OCCC[N+](C)(C)C)cc12. The molecule has 0 unspecified atom stereocenters. The van der Waals surface area contributed by atoms with E-state index in [1.54, 1.807) is 0 Å². The lowest BCUT2D eigenvalue weighted by Gasteiger charge is -2.23. The van der Waals surface area contributed by atoms with Crippen LogP contribution in [0.15, 0.2) is 46.9 Å². The van der Waals surface area contributed by atoms with Gasteiger partial charge in [-0.05, 0) is 38.4 Å². The molecule has 6 heteroatoms. The summed E-state index contributed by atoms with van der Waals surface area (Å²) in [5, 5.41) is 5.88. The van der Waals surface area contributed by atoms with Gasteiger partial charge >= 0.3 is 0 Å². The fraction of sp³-hybridized carbons (Fsp3) is 0.423. The molecule has 2 aromatic heterocycles. The molecule has 0 aliphatic carbocycles. The maximum atomic E-state index is 6.40. The van der Waals surface area contributed by atoms with Gasteiger partial charge in [-0.2, -0.15) is 4.57 Å². The van der Waals surface area contributed by atoms with Gasteiger partial charge in [0.25, 0.3) is 5.52 Å². The van der Waals surface area contributed by atoms with Crippen LogP contribution in [0.5, 0.6) is 5.75 Å². The number of aryl methyl sites for hydroxylation is 1. The fourth-order valence-electron chi connectivity index (χ4n) is 4.19.